The van der Waals surface area contributed by atoms with Gasteiger partial charge in [0.25, 0.3) is 0 Å². The summed E-state index contributed by atoms with van der Waals surface area (Å²) in [6.45, 7) is 0. The van der Waals surface area contributed by atoms with E-state index in [1.165, 1.54) is 32.1 Å². The van der Waals surface area contributed by atoms with Crippen molar-refractivity contribution in [3.05, 3.63) is 156 Å². The van der Waals surface area contributed by atoms with Gasteiger partial charge in [-0.15, -0.1) is 0 Å². The maximum Gasteiger partial charge on any atom is 0.0641 e. The van der Waals surface area contributed by atoms with Crippen LogP contribution in [0, 0.1) is 0 Å². The van der Waals surface area contributed by atoms with E-state index in [2.05, 4.69) is 156 Å². The van der Waals surface area contributed by atoms with Crippen molar-refractivity contribution in [1.82, 2.24) is 0 Å². The lowest BCUT2D eigenvalue weighted by molar-refractivity contribution is 0.678. The first-order chi connectivity index (χ1) is 16.3. The molecule has 0 amide bonds. The fourth-order valence-corrected chi connectivity index (χ4v) is 13.9. The summed E-state index contributed by atoms with van der Waals surface area (Å²) in [5.41, 5.74) is 5.44. The molecule has 0 nitrogen and oxygen atoms in total. The first-order valence-electron chi connectivity index (χ1n) is 11.2. The summed E-state index contributed by atoms with van der Waals surface area (Å²) in [4.78, 5) is 2.80. The number of allylic oxidation sites excluding steroid dienone is 2. The maximum absolute atomic E-state index is 2.59. The monoisotopic (exact) mass is 478 g/mol. The van der Waals surface area contributed by atoms with Crippen LogP contribution in [0.5, 0.6) is 0 Å². The molecule has 0 saturated carbocycles. The molecule has 3 atom stereocenters. The zero-order valence-corrected chi connectivity index (χ0v) is 20.6. The molecular weight excluding hydrogens is 455 g/mol. The molecule has 0 radical (unpaired) electrons. The Morgan fingerprint density at radius 3 is 1.64 bits per heavy atom. The van der Waals surface area contributed by atoms with Gasteiger partial charge in [0.05, 0.1) is 5.16 Å². The van der Waals surface area contributed by atoms with Crippen molar-refractivity contribution in [3.63, 3.8) is 0 Å². The van der Waals surface area contributed by atoms with E-state index >= 15 is 0 Å². The Balaban J connectivity index is 1.59. The molecule has 0 saturated heterocycles. The van der Waals surface area contributed by atoms with Gasteiger partial charge in [0.1, 0.15) is 0 Å². The molecule has 3 heteroatoms. The number of hydrogen-bond donors (Lipinski definition) is 0. The average molecular weight is 479 g/mol. The molecule has 0 bridgehead atoms. The summed E-state index contributed by atoms with van der Waals surface area (Å²) in [6.07, 6.45) is 4.63. The lowest BCUT2D eigenvalue weighted by Crippen LogP contribution is -2.28. The van der Waals surface area contributed by atoms with Crippen molar-refractivity contribution < 1.29 is 0 Å². The largest absolute Gasteiger partial charge is 0.0852 e. The Kier molecular flexibility index (Phi) is 5.76. The fourth-order valence-electron chi connectivity index (χ4n) is 4.71. The molecule has 4 aromatic carbocycles. The predicted molar refractivity (Wildman–Crippen MR) is 148 cm³/mol. The molecule has 4 aromatic rings. The number of fused-ring (bicyclic) bond motifs is 1. The van der Waals surface area contributed by atoms with Crippen LogP contribution in [0.1, 0.15) is 28.2 Å². The highest BCUT2D eigenvalue weighted by Crippen LogP contribution is 2.87. The summed E-state index contributed by atoms with van der Waals surface area (Å²) < 4.78 is 0. The van der Waals surface area contributed by atoms with Gasteiger partial charge in [-0.05, 0) is 22.3 Å². The van der Waals surface area contributed by atoms with Crippen molar-refractivity contribution in [2.24, 2.45) is 0 Å². The van der Waals surface area contributed by atoms with Crippen LogP contribution >= 0.6 is 29.1 Å². The Morgan fingerprint density at radius 1 is 0.545 bits per heavy atom. The molecule has 0 aromatic heterocycles. The van der Waals surface area contributed by atoms with Gasteiger partial charge in [-0.1, -0.05) is 156 Å². The molecule has 160 valence electrons. The van der Waals surface area contributed by atoms with E-state index in [1.54, 1.807) is 0 Å². The van der Waals surface area contributed by atoms with Gasteiger partial charge in [0.2, 0.25) is 0 Å². The predicted octanol–water partition coefficient (Wildman–Crippen LogP) is 9.55. The third kappa shape index (κ3) is 3.81. The molecule has 2 aliphatic heterocycles. The van der Waals surface area contributed by atoms with Gasteiger partial charge < -0.3 is 0 Å². The van der Waals surface area contributed by atoms with Gasteiger partial charge >= 0.3 is 0 Å². The number of hydrogen-bond acceptors (Lipinski definition) is 2. The van der Waals surface area contributed by atoms with E-state index in [1.807, 2.05) is 0 Å². The minimum Gasteiger partial charge on any atom is -0.0852 e. The quantitative estimate of drug-likeness (QED) is 0.268. The van der Waals surface area contributed by atoms with Crippen LogP contribution in [-0.4, -0.2) is 0 Å². The van der Waals surface area contributed by atoms with Crippen molar-refractivity contribution in [2.75, 3.05) is 0 Å². The first kappa shape index (κ1) is 21.1. The lowest BCUT2D eigenvalue weighted by Gasteiger charge is -2.43. The molecule has 0 fully saturated rings. The van der Waals surface area contributed by atoms with E-state index in [9.17, 15) is 0 Å². The number of benzene rings is 4. The van der Waals surface area contributed by atoms with Crippen LogP contribution in [0.3, 0.4) is 0 Å². The average Bonchev–Trinajstić information content (AvgIpc) is 3.31. The molecule has 6 rings (SSSR count). The first-order valence-corrected chi connectivity index (χ1v) is 15.4. The van der Waals surface area contributed by atoms with Crippen molar-refractivity contribution >= 4 is 38.9 Å². The normalized spacial score (nSPS) is 24.0. The van der Waals surface area contributed by atoms with Gasteiger partial charge in [0.15, 0.2) is 0 Å². The summed E-state index contributed by atoms with van der Waals surface area (Å²) in [6, 6.07) is 44.1. The van der Waals surface area contributed by atoms with Crippen LogP contribution in [0.2, 0.25) is 0 Å². The smallest absolute Gasteiger partial charge is 0.0641 e. The summed E-state index contributed by atoms with van der Waals surface area (Å²) in [5.74, 6) is 0.275. The highest BCUT2D eigenvalue weighted by Gasteiger charge is 2.53. The van der Waals surface area contributed by atoms with Crippen molar-refractivity contribution in [2.45, 2.75) is 11.1 Å². The van der Waals surface area contributed by atoms with Crippen LogP contribution in [0.25, 0.3) is 9.81 Å². The van der Waals surface area contributed by atoms with Gasteiger partial charge in [-0.2, -0.15) is 0 Å². The molecule has 0 spiro atoms. The molecule has 2 heterocycles. The zero-order valence-electron chi connectivity index (χ0n) is 18.0. The van der Waals surface area contributed by atoms with E-state index in [-0.39, 0.29) is 11.1 Å². The summed E-state index contributed by atoms with van der Waals surface area (Å²) in [7, 11) is 0. The van der Waals surface area contributed by atoms with Crippen LogP contribution in [0.4, 0.5) is 0 Å². The molecule has 33 heavy (non-hydrogen) atoms. The highest BCUT2D eigenvalue weighted by atomic mass is 33.1. The Morgan fingerprint density at radius 2 is 1.03 bits per heavy atom. The second kappa shape index (κ2) is 9.03. The van der Waals surface area contributed by atoms with Crippen LogP contribution in [-0.2, 0) is 5.16 Å². The summed E-state index contributed by atoms with van der Waals surface area (Å²) in [5, 5.41) is -0.0588. The van der Waals surface area contributed by atoms with Gasteiger partial charge in [-0.3, -0.25) is 0 Å². The zero-order chi connectivity index (χ0) is 22.1. The third-order valence-electron chi connectivity index (χ3n) is 6.32. The molecule has 3 unspecified atom stereocenters. The fraction of sp³-hybridized carbons (Fsp3) is 0.0667. The van der Waals surface area contributed by atoms with E-state index in [0.29, 0.717) is 0 Å². The van der Waals surface area contributed by atoms with E-state index in [0.717, 1.165) is 0 Å². The summed E-state index contributed by atoms with van der Waals surface area (Å²) >= 11 is 4.17. The highest BCUT2D eigenvalue weighted by molar-refractivity contribution is 8.92. The Labute approximate surface area is 205 Å². The second-order valence-electron chi connectivity index (χ2n) is 8.29. The Hall–Kier alpha value is -2.51. The van der Waals surface area contributed by atoms with Crippen LogP contribution < -0.4 is 0 Å². The third-order valence-corrected chi connectivity index (χ3v) is 14.4. The molecular formula is C30H23PS2. The standard InChI is InChI=1S/C30H23PS2/c1-5-13-23(14-6-1)27-21-28(24-15-7-2-8-16-24)32-31-30(27,26-19-11-4-12-20-26)22-29(33-31)25-17-9-3-10-18-25/h1-22,27H. The maximum atomic E-state index is 2.59. The van der Waals surface area contributed by atoms with E-state index < -0.39 is 6.33 Å². The van der Waals surface area contributed by atoms with Crippen LogP contribution in [0.15, 0.2) is 133 Å². The van der Waals surface area contributed by atoms with Crippen molar-refractivity contribution in [3.8, 4) is 0 Å². The van der Waals surface area contributed by atoms with Gasteiger partial charge in [0, 0.05) is 22.1 Å². The van der Waals surface area contributed by atoms with Gasteiger partial charge in [-0.25, -0.2) is 0 Å². The minimum atomic E-state index is -0.497. The van der Waals surface area contributed by atoms with Crippen molar-refractivity contribution in [1.29, 1.82) is 0 Å². The minimum absolute atomic E-state index is 0.0588. The SMILES string of the molecule is C1=C(c2ccccc2)SP2SC(c3ccccc3)=CC2(c2ccccc2)C1c1ccccc1. The molecule has 0 N–H and O–H groups in total. The molecule has 0 aliphatic carbocycles. The second-order valence-corrected chi connectivity index (χ2v) is 14.8. The topological polar surface area (TPSA) is 0 Å². The number of rotatable bonds is 4. The lowest BCUT2D eigenvalue weighted by atomic mass is 9.79. The molecule has 2 aliphatic rings. The Bertz CT molecular complexity index is 1260. The van der Waals surface area contributed by atoms with E-state index in [4.69, 9.17) is 0 Å².